The van der Waals surface area contributed by atoms with Crippen molar-refractivity contribution in [3.63, 3.8) is 0 Å². The molecular formula is C18H21N3O3. The number of nitrogens with zero attached hydrogens (tertiary/aromatic N) is 2. The Balaban J connectivity index is 2.16. The molecule has 1 aromatic heterocycles. The van der Waals surface area contributed by atoms with Crippen molar-refractivity contribution in [3.8, 4) is 0 Å². The van der Waals surface area contributed by atoms with Crippen LogP contribution in [0.4, 0.5) is 0 Å². The molecule has 0 bridgehead atoms. The van der Waals surface area contributed by atoms with Crippen LogP contribution in [0, 0.1) is 6.92 Å². The number of nitrogens with one attached hydrogen (secondary N) is 1. The van der Waals surface area contributed by atoms with Crippen LogP contribution in [0.5, 0.6) is 0 Å². The first-order valence-electron chi connectivity index (χ1n) is 8.05. The lowest BCUT2D eigenvalue weighted by Gasteiger charge is -2.25. The fourth-order valence-corrected chi connectivity index (χ4v) is 3.07. The second-order valence-electron chi connectivity index (χ2n) is 7.28. The molecule has 1 N–H and O–H groups in total. The summed E-state index contributed by atoms with van der Waals surface area (Å²) in [6.45, 7) is 8.02. The van der Waals surface area contributed by atoms with Crippen LogP contribution in [0.25, 0.3) is 10.9 Å². The van der Waals surface area contributed by atoms with Crippen molar-refractivity contribution in [3.05, 3.63) is 39.9 Å². The predicted octanol–water partition coefficient (Wildman–Crippen LogP) is 1.98. The van der Waals surface area contributed by atoms with E-state index in [2.05, 4.69) is 31.1 Å². The molecule has 0 aliphatic carbocycles. The maximum Gasteiger partial charge on any atom is 0.262 e. The number of carbonyl (C=O) groups is 2. The van der Waals surface area contributed by atoms with Crippen LogP contribution in [0.2, 0.25) is 0 Å². The SMILES string of the molecule is Cc1nc2cc(C(C)(C)C)ccc2c(=O)n1C1CCC(=O)NC1=O. The zero-order valence-corrected chi connectivity index (χ0v) is 14.3. The zero-order valence-electron chi connectivity index (χ0n) is 14.3. The van der Waals surface area contributed by atoms with Gasteiger partial charge in [0, 0.05) is 6.42 Å². The van der Waals surface area contributed by atoms with E-state index < -0.39 is 11.9 Å². The first-order chi connectivity index (χ1) is 11.2. The van der Waals surface area contributed by atoms with Crippen LogP contribution in [-0.4, -0.2) is 21.4 Å². The van der Waals surface area contributed by atoms with Crippen molar-refractivity contribution >= 4 is 22.7 Å². The third kappa shape index (κ3) is 2.72. The molecule has 2 heterocycles. The molecule has 6 heteroatoms. The van der Waals surface area contributed by atoms with E-state index in [0.29, 0.717) is 23.1 Å². The summed E-state index contributed by atoms with van der Waals surface area (Å²) in [5, 5.41) is 2.78. The summed E-state index contributed by atoms with van der Waals surface area (Å²) >= 11 is 0. The minimum Gasteiger partial charge on any atom is -0.295 e. The lowest BCUT2D eigenvalue weighted by atomic mass is 9.86. The van der Waals surface area contributed by atoms with Crippen molar-refractivity contribution in [2.75, 3.05) is 0 Å². The van der Waals surface area contributed by atoms with Crippen LogP contribution in [-0.2, 0) is 15.0 Å². The molecule has 1 unspecified atom stereocenters. The van der Waals surface area contributed by atoms with Gasteiger partial charge in [0.05, 0.1) is 10.9 Å². The highest BCUT2D eigenvalue weighted by molar-refractivity contribution is 5.99. The number of piperidine rings is 1. The molecule has 0 radical (unpaired) electrons. The molecule has 6 nitrogen and oxygen atoms in total. The molecule has 1 aliphatic rings. The van der Waals surface area contributed by atoms with E-state index >= 15 is 0 Å². The Kier molecular flexibility index (Phi) is 3.78. The summed E-state index contributed by atoms with van der Waals surface area (Å²) < 4.78 is 1.40. The maximum atomic E-state index is 12.9. The highest BCUT2D eigenvalue weighted by atomic mass is 16.2. The molecule has 1 aromatic carbocycles. The van der Waals surface area contributed by atoms with Gasteiger partial charge in [-0.1, -0.05) is 26.8 Å². The molecule has 126 valence electrons. The summed E-state index contributed by atoms with van der Waals surface area (Å²) in [6, 6.07) is 4.94. The van der Waals surface area contributed by atoms with Crippen molar-refractivity contribution in [1.82, 2.24) is 14.9 Å². The molecule has 2 aromatic rings. The normalized spacial score (nSPS) is 18.8. The molecule has 0 saturated carbocycles. The number of rotatable bonds is 1. The fourth-order valence-electron chi connectivity index (χ4n) is 3.07. The summed E-state index contributed by atoms with van der Waals surface area (Å²) in [5.74, 6) is -0.262. The average Bonchev–Trinajstić information content (AvgIpc) is 2.47. The smallest absolute Gasteiger partial charge is 0.262 e. The van der Waals surface area contributed by atoms with Gasteiger partial charge in [-0.15, -0.1) is 0 Å². The molecule has 1 fully saturated rings. The first-order valence-corrected chi connectivity index (χ1v) is 8.05. The zero-order chi connectivity index (χ0) is 17.6. The number of hydrogen-bond acceptors (Lipinski definition) is 4. The van der Waals surface area contributed by atoms with E-state index in [4.69, 9.17) is 0 Å². The second-order valence-corrected chi connectivity index (χ2v) is 7.28. The van der Waals surface area contributed by atoms with Crippen LogP contribution in [0.15, 0.2) is 23.0 Å². The van der Waals surface area contributed by atoms with E-state index in [1.165, 1.54) is 4.57 Å². The molecular weight excluding hydrogens is 306 g/mol. The van der Waals surface area contributed by atoms with Gasteiger partial charge in [0.2, 0.25) is 11.8 Å². The Morgan fingerprint density at radius 2 is 1.92 bits per heavy atom. The summed E-state index contributed by atoms with van der Waals surface area (Å²) in [7, 11) is 0. The summed E-state index contributed by atoms with van der Waals surface area (Å²) in [6.07, 6.45) is 0.544. The third-order valence-corrected chi connectivity index (χ3v) is 4.47. The Labute approximate surface area is 139 Å². The number of carbonyl (C=O) groups excluding carboxylic acids is 2. The first kappa shape index (κ1) is 16.4. The van der Waals surface area contributed by atoms with Gasteiger partial charge in [0.15, 0.2) is 0 Å². The second kappa shape index (κ2) is 5.54. The molecule has 3 rings (SSSR count). The number of aromatic nitrogens is 2. The standard InChI is InChI=1S/C18H21N3O3/c1-10-19-13-9-11(18(2,3)4)5-6-12(13)17(24)21(10)14-7-8-15(22)20-16(14)23/h5-6,9,14H,7-8H2,1-4H3,(H,20,22,23). The average molecular weight is 327 g/mol. The van der Waals surface area contributed by atoms with Gasteiger partial charge >= 0.3 is 0 Å². The predicted molar refractivity (Wildman–Crippen MR) is 90.9 cm³/mol. The molecule has 1 saturated heterocycles. The van der Waals surface area contributed by atoms with Gasteiger partial charge in [-0.3, -0.25) is 24.3 Å². The number of hydrogen-bond donors (Lipinski definition) is 1. The van der Waals surface area contributed by atoms with Gasteiger partial charge in [0.25, 0.3) is 5.56 Å². The van der Waals surface area contributed by atoms with Crippen molar-refractivity contribution in [2.24, 2.45) is 0 Å². The van der Waals surface area contributed by atoms with Crippen LogP contribution >= 0.6 is 0 Å². The highest BCUT2D eigenvalue weighted by Crippen LogP contribution is 2.25. The summed E-state index contributed by atoms with van der Waals surface area (Å²) in [4.78, 5) is 40.9. The van der Waals surface area contributed by atoms with Crippen LogP contribution in [0.3, 0.4) is 0 Å². The Hall–Kier alpha value is -2.50. The lowest BCUT2D eigenvalue weighted by molar-refractivity contribution is -0.135. The van der Waals surface area contributed by atoms with E-state index in [-0.39, 0.29) is 23.3 Å². The van der Waals surface area contributed by atoms with E-state index in [1.807, 2.05) is 12.1 Å². The topological polar surface area (TPSA) is 81.1 Å². The lowest BCUT2D eigenvalue weighted by Crippen LogP contribution is -2.45. The van der Waals surface area contributed by atoms with Gasteiger partial charge in [-0.2, -0.15) is 0 Å². The molecule has 24 heavy (non-hydrogen) atoms. The van der Waals surface area contributed by atoms with Crippen LogP contribution in [0.1, 0.15) is 51.0 Å². The number of fused-ring (bicyclic) bond motifs is 1. The monoisotopic (exact) mass is 327 g/mol. The number of amides is 2. The number of imide groups is 1. The minimum atomic E-state index is -0.686. The Morgan fingerprint density at radius 3 is 2.54 bits per heavy atom. The van der Waals surface area contributed by atoms with Crippen LogP contribution < -0.4 is 10.9 Å². The van der Waals surface area contributed by atoms with Gasteiger partial charge in [0.1, 0.15) is 11.9 Å². The third-order valence-electron chi connectivity index (χ3n) is 4.47. The molecule has 1 aliphatic heterocycles. The molecule has 2 amide bonds. The number of benzene rings is 1. The van der Waals surface area contributed by atoms with E-state index in [1.54, 1.807) is 13.0 Å². The Morgan fingerprint density at radius 1 is 1.21 bits per heavy atom. The van der Waals surface area contributed by atoms with Gasteiger partial charge < -0.3 is 0 Å². The van der Waals surface area contributed by atoms with Gasteiger partial charge in [-0.05, 0) is 36.5 Å². The van der Waals surface area contributed by atoms with Crippen molar-refractivity contribution < 1.29 is 9.59 Å². The minimum absolute atomic E-state index is 0.0394. The quantitative estimate of drug-likeness (QED) is 0.812. The number of aryl methyl sites for hydroxylation is 1. The molecule has 0 spiro atoms. The van der Waals surface area contributed by atoms with E-state index in [0.717, 1.165) is 5.56 Å². The molecule has 1 atom stereocenters. The fraction of sp³-hybridized carbons (Fsp3) is 0.444. The van der Waals surface area contributed by atoms with Crippen molar-refractivity contribution in [1.29, 1.82) is 0 Å². The van der Waals surface area contributed by atoms with Crippen molar-refractivity contribution in [2.45, 2.75) is 52.0 Å². The van der Waals surface area contributed by atoms with Gasteiger partial charge in [-0.25, -0.2) is 4.98 Å². The largest absolute Gasteiger partial charge is 0.295 e. The highest BCUT2D eigenvalue weighted by Gasteiger charge is 2.30. The van der Waals surface area contributed by atoms with E-state index in [9.17, 15) is 14.4 Å². The summed E-state index contributed by atoms with van der Waals surface area (Å²) in [5.41, 5.74) is 1.45. The Bertz CT molecular complexity index is 906. The maximum absolute atomic E-state index is 12.9.